The lowest BCUT2D eigenvalue weighted by molar-refractivity contribution is 0.195. The molecular weight excluding hydrogens is 1060 g/mol. The van der Waals surface area contributed by atoms with Gasteiger partial charge in [0.1, 0.15) is 0 Å². The number of rotatable bonds is 6. The second-order valence-corrected chi connectivity index (χ2v) is 29.3. The molecule has 0 N–H and O–H groups in total. The van der Waals surface area contributed by atoms with E-state index in [1.165, 1.54) is 194 Å². The molecule has 430 valence electrons. The number of anilines is 4. The zero-order valence-electron chi connectivity index (χ0n) is 52.3. The molecule has 0 saturated heterocycles. The monoisotopic (exact) mass is 1140 g/mol. The van der Waals surface area contributed by atoms with Crippen molar-refractivity contribution in [3.63, 3.8) is 0 Å². The van der Waals surface area contributed by atoms with Crippen LogP contribution < -0.4 is 9.80 Å². The van der Waals surface area contributed by atoms with Gasteiger partial charge >= 0.3 is 0 Å². The Hall–Kier alpha value is -8.72. The number of nitrogens with zero attached hydrogens (tertiary/aromatic N) is 2. The lowest BCUT2D eigenvalue weighted by Gasteiger charge is -2.50. The van der Waals surface area contributed by atoms with Crippen LogP contribution in [0.3, 0.4) is 0 Å². The van der Waals surface area contributed by atoms with E-state index >= 15 is 0 Å². The first-order valence-electron chi connectivity index (χ1n) is 32.9. The van der Waals surface area contributed by atoms with Crippen LogP contribution in [-0.2, 0) is 21.7 Å². The van der Waals surface area contributed by atoms with E-state index in [-0.39, 0.29) is 32.7 Å². The summed E-state index contributed by atoms with van der Waals surface area (Å²) in [4.78, 5) is 5.44. The molecule has 2 heterocycles. The van der Waals surface area contributed by atoms with Crippen LogP contribution in [0.5, 0.6) is 0 Å². The molecule has 2 nitrogen and oxygen atoms in total. The zero-order chi connectivity index (χ0) is 59.4. The van der Waals surface area contributed by atoms with Crippen LogP contribution in [0.4, 0.5) is 22.7 Å². The van der Waals surface area contributed by atoms with Gasteiger partial charge in [0.15, 0.2) is 0 Å². The lowest BCUT2D eigenvalue weighted by atomic mass is 9.61. The number of benzene rings is 12. The maximum absolute atomic E-state index is 2.72. The third kappa shape index (κ3) is 6.69. The van der Waals surface area contributed by atoms with Crippen molar-refractivity contribution in [3.05, 3.63) is 252 Å². The van der Waals surface area contributed by atoms with Crippen LogP contribution in [0.2, 0.25) is 0 Å². The summed E-state index contributed by atoms with van der Waals surface area (Å²) < 4.78 is 0. The van der Waals surface area contributed by atoms with E-state index in [4.69, 9.17) is 0 Å². The quantitative estimate of drug-likeness (QED) is 0.153. The topological polar surface area (TPSA) is 6.48 Å². The molecule has 2 fully saturated rings. The standard InChI is InChI=1S/C86H76N2/c1-81(2)71-29-17-15-27-59(71)69-47-53(31-39-73(69)81)65-51-67(55-33-41-77-75(49-55)83(5)43-19-21-45-85(83,7)87(77)57-23-11-9-12-24-57)63-38-36-62-66(54-32-40-74-70(48-54)60-28-16-18-30-72(60)82(74,3)4)52-68(64-37-35-61(65)79(63)80(62)64)56-34-42-78-76(50-56)84(6)44-20-22-46-86(84,8)88(78)58-25-13-10-14-26-58/h9-18,23-42,47-52H,19-22,43-46H2,1-8H3. The van der Waals surface area contributed by atoms with Gasteiger partial charge in [-0.15, -0.1) is 0 Å². The molecule has 0 radical (unpaired) electrons. The Morgan fingerprint density at radius 1 is 0.261 bits per heavy atom. The minimum atomic E-state index is -0.0906. The van der Waals surface area contributed by atoms with E-state index in [1.807, 2.05) is 0 Å². The van der Waals surface area contributed by atoms with E-state index in [0.29, 0.717) is 0 Å². The van der Waals surface area contributed by atoms with E-state index in [9.17, 15) is 0 Å². The molecule has 2 aliphatic heterocycles. The Balaban J connectivity index is 0.933. The van der Waals surface area contributed by atoms with Crippen molar-refractivity contribution in [2.24, 2.45) is 0 Å². The van der Waals surface area contributed by atoms with Gasteiger partial charge in [-0.1, -0.05) is 213 Å². The molecule has 12 aromatic carbocycles. The predicted octanol–water partition coefficient (Wildman–Crippen LogP) is 23.3. The minimum absolute atomic E-state index is 0.0330. The third-order valence-electron chi connectivity index (χ3n) is 24.5. The van der Waals surface area contributed by atoms with Gasteiger partial charge < -0.3 is 9.80 Å². The molecule has 88 heavy (non-hydrogen) atoms. The molecule has 2 heteroatoms. The van der Waals surface area contributed by atoms with Crippen molar-refractivity contribution in [1.82, 2.24) is 0 Å². The average molecular weight is 1140 g/mol. The van der Waals surface area contributed by atoms with Crippen molar-refractivity contribution in [1.29, 1.82) is 0 Å². The van der Waals surface area contributed by atoms with Crippen molar-refractivity contribution in [2.45, 2.75) is 139 Å². The van der Waals surface area contributed by atoms with Gasteiger partial charge in [0.05, 0.1) is 11.1 Å². The van der Waals surface area contributed by atoms with E-state index < -0.39 is 0 Å². The van der Waals surface area contributed by atoms with Crippen LogP contribution in [0, 0.1) is 0 Å². The first-order chi connectivity index (χ1) is 42.6. The molecule has 0 aromatic heterocycles. The van der Waals surface area contributed by atoms with Crippen LogP contribution in [-0.4, -0.2) is 11.1 Å². The van der Waals surface area contributed by atoms with Gasteiger partial charge in [0.25, 0.3) is 0 Å². The number of hydrogen-bond donors (Lipinski definition) is 0. The fourth-order valence-electron chi connectivity index (χ4n) is 19.5. The molecular formula is C86H76N2. The predicted molar refractivity (Wildman–Crippen MR) is 373 cm³/mol. The third-order valence-corrected chi connectivity index (χ3v) is 24.5. The molecule has 12 aromatic rings. The van der Waals surface area contributed by atoms with Crippen molar-refractivity contribution in [2.75, 3.05) is 9.80 Å². The van der Waals surface area contributed by atoms with Crippen LogP contribution in [0.25, 0.3) is 99.1 Å². The highest BCUT2D eigenvalue weighted by Gasteiger charge is 2.59. The Morgan fingerprint density at radius 3 is 0.989 bits per heavy atom. The second kappa shape index (κ2) is 18.0. The second-order valence-electron chi connectivity index (χ2n) is 29.3. The summed E-state index contributed by atoms with van der Waals surface area (Å²) in [6.45, 7) is 19.9. The molecule has 6 aliphatic rings. The van der Waals surface area contributed by atoms with Gasteiger partial charge in [0, 0.05) is 44.4 Å². The van der Waals surface area contributed by atoms with Gasteiger partial charge in [-0.3, -0.25) is 0 Å². The minimum Gasteiger partial charge on any atom is -0.334 e. The van der Waals surface area contributed by atoms with E-state index in [2.05, 4.69) is 284 Å². The van der Waals surface area contributed by atoms with Crippen LogP contribution in [0.15, 0.2) is 218 Å². The summed E-state index contributed by atoms with van der Waals surface area (Å²) >= 11 is 0. The highest BCUT2D eigenvalue weighted by molar-refractivity contribution is 6.32. The van der Waals surface area contributed by atoms with E-state index in [0.717, 1.165) is 12.8 Å². The van der Waals surface area contributed by atoms with Gasteiger partial charge in [-0.05, 0) is 245 Å². The highest BCUT2D eigenvalue weighted by Crippen LogP contribution is 2.64. The van der Waals surface area contributed by atoms with E-state index in [1.54, 1.807) is 0 Å². The summed E-state index contributed by atoms with van der Waals surface area (Å²) in [7, 11) is 0. The van der Waals surface area contributed by atoms with Crippen LogP contribution in [0.1, 0.15) is 140 Å². The average Bonchev–Trinajstić information content (AvgIpc) is 1.05. The lowest BCUT2D eigenvalue weighted by Crippen LogP contribution is -2.54. The molecule has 0 bridgehead atoms. The summed E-state index contributed by atoms with van der Waals surface area (Å²) in [6, 6.07) is 86.0. The largest absolute Gasteiger partial charge is 0.334 e. The summed E-state index contributed by atoms with van der Waals surface area (Å²) in [5.74, 6) is 0. The summed E-state index contributed by atoms with van der Waals surface area (Å²) in [5, 5.41) is 7.92. The summed E-state index contributed by atoms with van der Waals surface area (Å²) in [6.07, 6.45) is 9.64. The fraction of sp³-hybridized carbons (Fsp3) is 0.256. The smallest absolute Gasteiger partial charge is 0.0517 e. The van der Waals surface area contributed by atoms with Gasteiger partial charge in [-0.25, -0.2) is 0 Å². The van der Waals surface area contributed by atoms with Gasteiger partial charge in [0.2, 0.25) is 0 Å². The molecule has 0 spiro atoms. The number of hydrogen-bond acceptors (Lipinski definition) is 2. The first kappa shape index (κ1) is 52.4. The Morgan fingerprint density at radius 2 is 0.591 bits per heavy atom. The molecule has 18 rings (SSSR count). The van der Waals surface area contributed by atoms with Crippen LogP contribution >= 0.6 is 0 Å². The van der Waals surface area contributed by atoms with Crippen molar-refractivity contribution in [3.8, 4) is 66.8 Å². The molecule has 4 unspecified atom stereocenters. The zero-order valence-corrected chi connectivity index (χ0v) is 52.3. The highest BCUT2D eigenvalue weighted by atomic mass is 15.3. The Bertz CT molecular complexity index is 4630. The van der Waals surface area contributed by atoms with Gasteiger partial charge in [-0.2, -0.15) is 0 Å². The van der Waals surface area contributed by atoms with Crippen molar-refractivity contribution >= 4 is 55.1 Å². The Kier molecular flexibility index (Phi) is 10.7. The number of para-hydroxylation sites is 2. The normalized spacial score (nSPS) is 23.2. The fourth-order valence-corrected chi connectivity index (χ4v) is 19.5. The molecule has 2 saturated carbocycles. The summed E-state index contributed by atoms with van der Waals surface area (Å²) in [5.41, 5.74) is 29.2. The molecule has 4 aliphatic carbocycles. The first-order valence-corrected chi connectivity index (χ1v) is 32.9. The molecule has 0 amide bonds. The maximum atomic E-state index is 2.72. The number of fused-ring (bicyclic) bond motifs is 12. The Labute approximate surface area is 519 Å². The maximum Gasteiger partial charge on any atom is 0.0517 e. The van der Waals surface area contributed by atoms with Crippen molar-refractivity contribution < 1.29 is 0 Å². The molecule has 4 atom stereocenters. The SMILES string of the molecule is CC1(C)c2ccccc2-c2cc(-c3cc(-c4ccc5c(c4)C4(C)CCCCC4(C)N5c4ccccc4)c4ccc5c(-c6ccc7c(c6)-c6ccccc6C7(C)C)cc(-c6ccc7c(c6)C6(C)CCCCC6(C)N7c6ccccc6)c6ccc3c4c56)ccc21.